The van der Waals surface area contributed by atoms with Gasteiger partial charge in [0.2, 0.25) is 5.95 Å². The maximum absolute atomic E-state index is 12.2. The van der Waals surface area contributed by atoms with Crippen LogP contribution in [0, 0.1) is 0 Å². The third-order valence-corrected chi connectivity index (χ3v) is 4.71. The molecule has 0 unspecified atom stereocenters. The molecule has 0 saturated heterocycles. The first-order valence-corrected chi connectivity index (χ1v) is 9.96. The number of carbonyl (C=O) groups excluding carboxylic acids is 2. The van der Waals surface area contributed by atoms with E-state index in [4.69, 9.17) is 16.2 Å². The number of rotatable bonds is 9. The van der Waals surface area contributed by atoms with Gasteiger partial charge in [-0.15, -0.1) is 0 Å². The lowest BCUT2D eigenvalue weighted by molar-refractivity contribution is 0.0827. The lowest BCUT2D eigenvalue weighted by Gasteiger charge is -2.14. The molecule has 0 aliphatic rings. The van der Waals surface area contributed by atoms with Crippen LogP contribution >= 0.6 is 0 Å². The smallest absolute Gasteiger partial charge is 0.254 e. The summed E-state index contributed by atoms with van der Waals surface area (Å²) in [6, 6.07) is 10.9. The average Bonchev–Trinajstić information content (AvgIpc) is 2.77. The number of benzene rings is 2. The molecule has 0 saturated carbocycles. The van der Waals surface area contributed by atoms with Gasteiger partial charge in [-0.2, -0.15) is 4.98 Å². The van der Waals surface area contributed by atoms with Gasteiger partial charge in [0.25, 0.3) is 11.8 Å². The van der Waals surface area contributed by atoms with Crippen LogP contribution in [-0.4, -0.2) is 67.1 Å². The number of anilines is 3. The SMILES string of the molecule is COC[C@H](N)CNc1ncc(C(N)=O)c(Nc2ccc3cc(C(=O)N(C)C)ccc3c2)n1. The van der Waals surface area contributed by atoms with E-state index < -0.39 is 5.91 Å². The number of nitrogens with zero attached hydrogens (tertiary/aromatic N) is 3. The van der Waals surface area contributed by atoms with Crippen molar-refractivity contribution in [3.05, 3.63) is 53.7 Å². The van der Waals surface area contributed by atoms with Crippen LogP contribution in [0.1, 0.15) is 20.7 Å². The molecule has 0 aliphatic carbocycles. The molecular weight excluding hydrogens is 410 g/mol. The maximum atomic E-state index is 12.2. The minimum Gasteiger partial charge on any atom is -0.383 e. The summed E-state index contributed by atoms with van der Waals surface area (Å²) < 4.78 is 5.01. The topological polar surface area (TPSA) is 148 Å². The first-order chi connectivity index (χ1) is 15.3. The summed E-state index contributed by atoms with van der Waals surface area (Å²) in [6.07, 6.45) is 1.36. The lowest BCUT2D eigenvalue weighted by Crippen LogP contribution is -2.33. The average molecular weight is 438 g/mol. The Morgan fingerprint density at radius 3 is 2.56 bits per heavy atom. The molecule has 0 radical (unpaired) electrons. The van der Waals surface area contributed by atoms with E-state index in [1.165, 1.54) is 11.1 Å². The summed E-state index contributed by atoms with van der Waals surface area (Å²) in [6.45, 7) is 0.781. The zero-order chi connectivity index (χ0) is 23.3. The Balaban J connectivity index is 1.85. The molecular formula is C22H27N7O3. The molecule has 2 aromatic carbocycles. The molecule has 32 heavy (non-hydrogen) atoms. The lowest BCUT2D eigenvalue weighted by atomic mass is 10.1. The molecule has 0 spiro atoms. The first kappa shape index (κ1) is 22.9. The van der Waals surface area contributed by atoms with Crippen LogP contribution in [0.5, 0.6) is 0 Å². The van der Waals surface area contributed by atoms with Gasteiger partial charge in [0.1, 0.15) is 11.4 Å². The summed E-state index contributed by atoms with van der Waals surface area (Å²) in [5.41, 5.74) is 12.9. The molecule has 6 N–H and O–H groups in total. The second kappa shape index (κ2) is 10.0. The number of nitrogens with one attached hydrogen (secondary N) is 2. The highest BCUT2D eigenvalue weighted by atomic mass is 16.5. The Kier molecular flexibility index (Phi) is 7.18. The van der Waals surface area contributed by atoms with E-state index >= 15 is 0 Å². The Morgan fingerprint density at radius 2 is 1.88 bits per heavy atom. The van der Waals surface area contributed by atoms with Crippen molar-refractivity contribution in [2.24, 2.45) is 11.5 Å². The Bertz CT molecular complexity index is 1130. The summed E-state index contributed by atoms with van der Waals surface area (Å²) >= 11 is 0. The highest BCUT2D eigenvalue weighted by Gasteiger charge is 2.14. The molecule has 168 valence electrons. The van der Waals surface area contributed by atoms with Crippen LogP contribution in [-0.2, 0) is 4.74 Å². The molecule has 0 aliphatic heterocycles. The fourth-order valence-electron chi connectivity index (χ4n) is 3.09. The third-order valence-electron chi connectivity index (χ3n) is 4.71. The summed E-state index contributed by atoms with van der Waals surface area (Å²) in [4.78, 5) is 34.1. The number of fused-ring (bicyclic) bond motifs is 1. The van der Waals surface area contributed by atoms with Crippen molar-refractivity contribution in [3.8, 4) is 0 Å². The van der Waals surface area contributed by atoms with Gasteiger partial charge in [0.15, 0.2) is 0 Å². The van der Waals surface area contributed by atoms with Crippen LogP contribution in [0.15, 0.2) is 42.6 Å². The van der Waals surface area contributed by atoms with Crippen molar-refractivity contribution in [1.29, 1.82) is 0 Å². The number of primary amides is 1. The van der Waals surface area contributed by atoms with Crippen molar-refractivity contribution in [2.45, 2.75) is 6.04 Å². The number of amides is 2. The van der Waals surface area contributed by atoms with E-state index in [-0.39, 0.29) is 23.3 Å². The van der Waals surface area contributed by atoms with E-state index in [1.54, 1.807) is 27.3 Å². The van der Waals surface area contributed by atoms with Crippen LogP contribution in [0.25, 0.3) is 10.8 Å². The number of ether oxygens (including phenoxy) is 1. The van der Waals surface area contributed by atoms with Crippen molar-refractivity contribution < 1.29 is 14.3 Å². The van der Waals surface area contributed by atoms with E-state index in [0.717, 1.165) is 10.8 Å². The minimum absolute atomic E-state index is 0.0635. The molecule has 3 rings (SSSR count). The fourth-order valence-corrected chi connectivity index (χ4v) is 3.09. The van der Waals surface area contributed by atoms with Gasteiger partial charge in [-0.25, -0.2) is 4.98 Å². The highest BCUT2D eigenvalue weighted by Crippen LogP contribution is 2.25. The van der Waals surface area contributed by atoms with Crippen LogP contribution in [0.4, 0.5) is 17.5 Å². The standard InChI is InChI=1S/C22H27N7O3/c1-29(2)21(31)15-5-4-14-9-17(7-6-13(14)8-15)27-20-18(19(24)30)11-26-22(28-20)25-10-16(23)12-32-3/h4-9,11,16H,10,12,23H2,1-3H3,(H2,24,30)(H2,25,26,27,28)/t16-/m1/s1. The number of hydrogen-bond acceptors (Lipinski definition) is 8. The van der Waals surface area contributed by atoms with Gasteiger partial charge >= 0.3 is 0 Å². The van der Waals surface area contributed by atoms with E-state index in [0.29, 0.717) is 30.4 Å². The molecule has 1 heterocycles. The number of nitrogens with two attached hydrogens (primary N) is 2. The zero-order valence-corrected chi connectivity index (χ0v) is 18.3. The minimum atomic E-state index is -0.650. The van der Waals surface area contributed by atoms with Gasteiger partial charge in [0, 0.05) is 51.2 Å². The molecule has 0 bridgehead atoms. The van der Waals surface area contributed by atoms with Crippen LogP contribution in [0.2, 0.25) is 0 Å². The van der Waals surface area contributed by atoms with E-state index in [9.17, 15) is 9.59 Å². The zero-order valence-electron chi connectivity index (χ0n) is 18.3. The number of aromatic nitrogens is 2. The van der Waals surface area contributed by atoms with Gasteiger partial charge in [-0.3, -0.25) is 9.59 Å². The Hall–Kier alpha value is -3.76. The molecule has 1 atom stereocenters. The van der Waals surface area contributed by atoms with E-state index in [1.807, 2.05) is 30.3 Å². The normalized spacial score (nSPS) is 11.8. The first-order valence-electron chi connectivity index (χ1n) is 9.96. The fraction of sp³-hybridized carbons (Fsp3) is 0.273. The molecule has 0 fully saturated rings. The maximum Gasteiger partial charge on any atom is 0.254 e. The molecule has 1 aromatic heterocycles. The monoisotopic (exact) mass is 437 g/mol. The van der Waals surface area contributed by atoms with E-state index in [2.05, 4.69) is 20.6 Å². The Morgan fingerprint density at radius 1 is 1.16 bits per heavy atom. The van der Waals surface area contributed by atoms with Gasteiger partial charge < -0.3 is 31.7 Å². The number of methoxy groups -OCH3 is 1. The van der Waals surface area contributed by atoms with Crippen LogP contribution < -0.4 is 22.1 Å². The molecule has 10 heteroatoms. The summed E-state index contributed by atoms with van der Waals surface area (Å²) in [5.74, 6) is -0.139. The molecule has 10 nitrogen and oxygen atoms in total. The predicted octanol–water partition coefficient (Wildman–Crippen LogP) is 1.56. The molecule has 2 amide bonds. The van der Waals surface area contributed by atoms with Crippen molar-refractivity contribution >= 4 is 40.0 Å². The quantitative estimate of drug-likeness (QED) is 0.394. The Labute approximate surface area is 186 Å². The van der Waals surface area contributed by atoms with Gasteiger partial charge in [-0.1, -0.05) is 12.1 Å². The van der Waals surface area contributed by atoms with Crippen molar-refractivity contribution in [2.75, 3.05) is 45.0 Å². The van der Waals surface area contributed by atoms with Crippen molar-refractivity contribution in [3.63, 3.8) is 0 Å². The predicted molar refractivity (Wildman–Crippen MR) is 124 cm³/mol. The third kappa shape index (κ3) is 5.48. The number of hydrogen-bond donors (Lipinski definition) is 4. The largest absolute Gasteiger partial charge is 0.383 e. The highest BCUT2D eigenvalue weighted by molar-refractivity contribution is 6.00. The van der Waals surface area contributed by atoms with Crippen LogP contribution in [0.3, 0.4) is 0 Å². The van der Waals surface area contributed by atoms with Crippen molar-refractivity contribution in [1.82, 2.24) is 14.9 Å². The number of carbonyl (C=O) groups is 2. The molecule has 3 aromatic rings. The summed E-state index contributed by atoms with van der Waals surface area (Å²) in [5, 5.41) is 7.99. The summed E-state index contributed by atoms with van der Waals surface area (Å²) in [7, 11) is 5.00. The van der Waals surface area contributed by atoms with Gasteiger partial charge in [-0.05, 0) is 35.0 Å². The second-order valence-corrected chi connectivity index (χ2v) is 7.52. The second-order valence-electron chi connectivity index (χ2n) is 7.52. The van der Waals surface area contributed by atoms with Gasteiger partial charge in [0.05, 0.1) is 6.61 Å².